The standard InChI is InChI=1S/C19H19Cl2NO3/c1-13(23)25-10-9-16(15-7-8-17(20)18(21)11-15)12-22-19(24)14-5-3-2-4-6-14/h2-8,11,16H,9-10,12H2,1H3,(H,22,24)/t16-/m1/s1. The van der Waals surface area contributed by atoms with Gasteiger partial charge in [-0.3, -0.25) is 9.59 Å². The molecule has 0 radical (unpaired) electrons. The van der Waals surface area contributed by atoms with Gasteiger partial charge in [0.2, 0.25) is 0 Å². The van der Waals surface area contributed by atoms with Crippen molar-refractivity contribution in [3.63, 3.8) is 0 Å². The van der Waals surface area contributed by atoms with Crippen LogP contribution in [0.2, 0.25) is 10.0 Å². The molecule has 1 amide bonds. The second-order valence-electron chi connectivity index (χ2n) is 5.58. The fourth-order valence-electron chi connectivity index (χ4n) is 2.41. The summed E-state index contributed by atoms with van der Waals surface area (Å²) in [5.41, 5.74) is 1.52. The van der Waals surface area contributed by atoms with E-state index >= 15 is 0 Å². The summed E-state index contributed by atoms with van der Waals surface area (Å²) < 4.78 is 5.03. The van der Waals surface area contributed by atoms with Gasteiger partial charge in [-0.1, -0.05) is 47.5 Å². The van der Waals surface area contributed by atoms with Gasteiger partial charge in [0.15, 0.2) is 0 Å². The monoisotopic (exact) mass is 379 g/mol. The summed E-state index contributed by atoms with van der Waals surface area (Å²) in [7, 11) is 0. The molecule has 6 heteroatoms. The molecule has 2 aromatic carbocycles. The normalized spacial score (nSPS) is 11.6. The van der Waals surface area contributed by atoms with Crippen LogP contribution < -0.4 is 5.32 Å². The molecule has 4 nitrogen and oxygen atoms in total. The molecule has 0 aliphatic rings. The minimum Gasteiger partial charge on any atom is -0.466 e. The molecule has 0 aliphatic heterocycles. The molecular weight excluding hydrogens is 361 g/mol. The zero-order chi connectivity index (χ0) is 18.2. The van der Waals surface area contributed by atoms with Crippen LogP contribution in [0.15, 0.2) is 48.5 Å². The van der Waals surface area contributed by atoms with Crippen LogP contribution in [0.4, 0.5) is 0 Å². The smallest absolute Gasteiger partial charge is 0.302 e. The Kier molecular flexibility index (Phi) is 7.29. The summed E-state index contributed by atoms with van der Waals surface area (Å²) in [4.78, 5) is 23.2. The summed E-state index contributed by atoms with van der Waals surface area (Å²) in [6.07, 6.45) is 0.562. The Balaban J connectivity index is 2.06. The van der Waals surface area contributed by atoms with Crippen LogP contribution in [-0.2, 0) is 9.53 Å². The molecule has 0 aliphatic carbocycles. The highest BCUT2D eigenvalue weighted by Gasteiger charge is 2.16. The van der Waals surface area contributed by atoms with Gasteiger partial charge in [-0.2, -0.15) is 0 Å². The van der Waals surface area contributed by atoms with E-state index in [1.54, 1.807) is 24.3 Å². The van der Waals surface area contributed by atoms with Crippen molar-refractivity contribution in [3.05, 3.63) is 69.7 Å². The molecule has 2 rings (SSSR count). The third kappa shape index (κ3) is 6.07. The molecule has 0 spiro atoms. The van der Waals surface area contributed by atoms with Crippen LogP contribution in [-0.4, -0.2) is 25.0 Å². The van der Waals surface area contributed by atoms with E-state index in [4.69, 9.17) is 27.9 Å². The van der Waals surface area contributed by atoms with Crippen LogP contribution >= 0.6 is 23.2 Å². The van der Waals surface area contributed by atoms with Crippen molar-refractivity contribution in [3.8, 4) is 0 Å². The maximum Gasteiger partial charge on any atom is 0.302 e. The quantitative estimate of drug-likeness (QED) is 0.722. The number of hydrogen-bond donors (Lipinski definition) is 1. The number of benzene rings is 2. The molecule has 0 fully saturated rings. The van der Waals surface area contributed by atoms with Gasteiger partial charge in [0.1, 0.15) is 0 Å². The lowest BCUT2D eigenvalue weighted by atomic mass is 9.96. The summed E-state index contributed by atoms with van der Waals surface area (Å²) >= 11 is 12.1. The maximum absolute atomic E-state index is 12.2. The SMILES string of the molecule is CC(=O)OCC[C@H](CNC(=O)c1ccccc1)c1ccc(Cl)c(Cl)c1. The Morgan fingerprint density at radius 3 is 2.44 bits per heavy atom. The molecular formula is C19H19Cl2NO3. The van der Waals surface area contributed by atoms with Crippen molar-refractivity contribution in [1.29, 1.82) is 0 Å². The number of halogens is 2. The predicted molar refractivity (Wildman–Crippen MR) is 99.2 cm³/mol. The van der Waals surface area contributed by atoms with Crippen molar-refractivity contribution in [2.75, 3.05) is 13.2 Å². The van der Waals surface area contributed by atoms with Gasteiger partial charge in [0.25, 0.3) is 5.91 Å². The van der Waals surface area contributed by atoms with E-state index in [-0.39, 0.29) is 24.4 Å². The molecule has 0 saturated heterocycles. The van der Waals surface area contributed by atoms with Crippen LogP contribution in [0, 0.1) is 0 Å². The molecule has 132 valence electrons. The van der Waals surface area contributed by atoms with Crippen LogP contribution in [0.1, 0.15) is 35.2 Å². The second-order valence-corrected chi connectivity index (χ2v) is 6.39. The molecule has 0 bridgehead atoms. The van der Waals surface area contributed by atoms with Gasteiger partial charge < -0.3 is 10.1 Å². The summed E-state index contributed by atoms with van der Waals surface area (Å²) in [5, 5.41) is 3.83. The molecule has 1 atom stereocenters. The Morgan fingerprint density at radius 2 is 1.80 bits per heavy atom. The van der Waals surface area contributed by atoms with Gasteiger partial charge in [-0.05, 0) is 36.2 Å². The van der Waals surface area contributed by atoms with Crippen LogP contribution in [0.25, 0.3) is 0 Å². The van der Waals surface area contributed by atoms with Crippen LogP contribution in [0.3, 0.4) is 0 Å². The molecule has 0 aromatic heterocycles. The molecule has 0 unspecified atom stereocenters. The van der Waals surface area contributed by atoms with Crippen molar-refractivity contribution in [2.24, 2.45) is 0 Å². The highest BCUT2D eigenvalue weighted by molar-refractivity contribution is 6.42. The Morgan fingerprint density at radius 1 is 1.08 bits per heavy atom. The number of carbonyl (C=O) groups is 2. The lowest BCUT2D eigenvalue weighted by Crippen LogP contribution is -2.29. The van der Waals surface area contributed by atoms with E-state index in [0.717, 1.165) is 5.56 Å². The van der Waals surface area contributed by atoms with Crippen molar-refractivity contribution in [2.45, 2.75) is 19.3 Å². The first kappa shape index (κ1) is 19.3. The van der Waals surface area contributed by atoms with E-state index in [1.807, 2.05) is 24.3 Å². The zero-order valence-corrected chi connectivity index (χ0v) is 15.3. The lowest BCUT2D eigenvalue weighted by Gasteiger charge is -2.19. The van der Waals surface area contributed by atoms with E-state index in [2.05, 4.69) is 5.32 Å². The summed E-state index contributed by atoms with van der Waals surface area (Å²) in [6, 6.07) is 14.3. The largest absolute Gasteiger partial charge is 0.466 e. The van der Waals surface area contributed by atoms with Gasteiger partial charge in [0, 0.05) is 24.9 Å². The fourth-order valence-corrected chi connectivity index (χ4v) is 2.71. The van der Waals surface area contributed by atoms with Crippen molar-refractivity contribution >= 4 is 35.1 Å². The highest BCUT2D eigenvalue weighted by atomic mass is 35.5. The highest BCUT2D eigenvalue weighted by Crippen LogP contribution is 2.28. The molecule has 0 saturated carbocycles. The Bertz CT molecular complexity index is 735. The fraction of sp³-hybridized carbons (Fsp3) is 0.263. The topological polar surface area (TPSA) is 55.4 Å². The number of nitrogens with one attached hydrogen (secondary N) is 1. The first-order valence-electron chi connectivity index (χ1n) is 7.89. The van der Waals surface area contributed by atoms with E-state index in [9.17, 15) is 9.59 Å². The number of hydrogen-bond acceptors (Lipinski definition) is 3. The molecule has 25 heavy (non-hydrogen) atoms. The number of carbonyl (C=O) groups excluding carboxylic acids is 2. The maximum atomic E-state index is 12.2. The van der Waals surface area contributed by atoms with Gasteiger partial charge in [-0.25, -0.2) is 0 Å². The Labute approximate surface area is 157 Å². The average molecular weight is 380 g/mol. The number of amides is 1. The third-order valence-corrected chi connectivity index (χ3v) is 4.47. The zero-order valence-electron chi connectivity index (χ0n) is 13.8. The average Bonchev–Trinajstić information content (AvgIpc) is 2.60. The van der Waals surface area contributed by atoms with Gasteiger partial charge in [0.05, 0.1) is 16.7 Å². The first-order valence-corrected chi connectivity index (χ1v) is 8.64. The molecule has 2 aromatic rings. The molecule has 1 N–H and O–H groups in total. The van der Waals surface area contributed by atoms with Crippen molar-refractivity contribution < 1.29 is 14.3 Å². The number of esters is 1. The number of rotatable bonds is 7. The van der Waals surface area contributed by atoms with Gasteiger partial charge >= 0.3 is 5.97 Å². The summed E-state index contributed by atoms with van der Waals surface area (Å²) in [5.74, 6) is -0.541. The first-order chi connectivity index (χ1) is 12.0. The molecule has 0 heterocycles. The second kappa shape index (κ2) is 9.44. The summed E-state index contributed by atoms with van der Waals surface area (Å²) in [6.45, 7) is 2.03. The minimum absolute atomic E-state index is 0.0539. The van der Waals surface area contributed by atoms with E-state index < -0.39 is 0 Å². The number of ether oxygens (including phenoxy) is 1. The lowest BCUT2D eigenvalue weighted by molar-refractivity contribution is -0.141. The van der Waals surface area contributed by atoms with E-state index in [1.165, 1.54) is 6.92 Å². The predicted octanol–water partition coefficient (Wildman–Crippen LogP) is 4.46. The van der Waals surface area contributed by atoms with Crippen LogP contribution in [0.5, 0.6) is 0 Å². The third-order valence-electron chi connectivity index (χ3n) is 3.73. The minimum atomic E-state index is -0.332. The van der Waals surface area contributed by atoms with E-state index in [0.29, 0.717) is 28.6 Å². The Hall–Kier alpha value is -2.04. The van der Waals surface area contributed by atoms with Crippen molar-refractivity contribution in [1.82, 2.24) is 5.32 Å². The van der Waals surface area contributed by atoms with Gasteiger partial charge in [-0.15, -0.1) is 0 Å².